The molecule has 0 spiro atoms. The number of aromatic amines is 1. The summed E-state index contributed by atoms with van der Waals surface area (Å²) >= 11 is 0. The average Bonchev–Trinajstić information content (AvgIpc) is 2.92. The van der Waals surface area contributed by atoms with Crippen molar-refractivity contribution in [2.45, 2.75) is 20.4 Å². The normalized spacial score (nSPS) is 10.3. The molecule has 3 N–H and O–H groups in total. The number of nitrogens with one attached hydrogen (secondary N) is 2. The van der Waals surface area contributed by atoms with Crippen molar-refractivity contribution in [3.63, 3.8) is 0 Å². The van der Waals surface area contributed by atoms with E-state index in [0.717, 1.165) is 22.5 Å². The van der Waals surface area contributed by atoms with Crippen LogP contribution >= 0.6 is 0 Å². The number of carbonyl (C=O) groups is 1. The van der Waals surface area contributed by atoms with Crippen molar-refractivity contribution in [2.75, 3.05) is 12.4 Å². The van der Waals surface area contributed by atoms with E-state index in [1.54, 1.807) is 6.07 Å². The van der Waals surface area contributed by atoms with Gasteiger partial charge in [-0.25, -0.2) is 4.79 Å². The molecule has 1 aromatic carbocycles. The highest BCUT2D eigenvalue weighted by Crippen LogP contribution is 2.28. The Kier molecular flexibility index (Phi) is 3.98. The summed E-state index contributed by atoms with van der Waals surface area (Å²) in [5, 5.41) is 13.1. The fraction of sp³-hybridized carbons (Fsp3) is 0.267. The molecule has 0 amide bonds. The van der Waals surface area contributed by atoms with Gasteiger partial charge in [0.2, 0.25) is 0 Å². The van der Waals surface area contributed by atoms with Crippen molar-refractivity contribution >= 4 is 11.7 Å². The summed E-state index contributed by atoms with van der Waals surface area (Å²) in [6.45, 7) is 4.25. The molecule has 20 heavy (non-hydrogen) atoms. The molecule has 0 unspecified atom stereocenters. The predicted molar refractivity (Wildman–Crippen MR) is 77.0 cm³/mol. The van der Waals surface area contributed by atoms with Crippen molar-refractivity contribution in [3.8, 4) is 5.75 Å². The van der Waals surface area contributed by atoms with E-state index in [1.165, 1.54) is 7.11 Å². The lowest BCUT2D eigenvalue weighted by Crippen LogP contribution is -2.04. The van der Waals surface area contributed by atoms with Crippen LogP contribution in [0.1, 0.15) is 27.3 Å². The molecule has 1 aromatic heterocycles. The number of phenolic OH excluding ortho intramolecular Hbond substituents is 1. The van der Waals surface area contributed by atoms with E-state index in [1.807, 2.05) is 32.0 Å². The SMILES string of the molecule is COC(=O)c1ccc(CNc2ccc(C)c(O)c2C)[nH]1. The number of hydrogen-bond donors (Lipinski definition) is 3. The maximum atomic E-state index is 11.3. The van der Waals surface area contributed by atoms with Crippen molar-refractivity contribution in [3.05, 3.63) is 46.8 Å². The third-order valence-electron chi connectivity index (χ3n) is 3.25. The fourth-order valence-corrected chi connectivity index (χ4v) is 1.99. The summed E-state index contributed by atoms with van der Waals surface area (Å²) in [6, 6.07) is 7.29. The molecule has 0 saturated heterocycles. The van der Waals surface area contributed by atoms with Crippen LogP contribution in [-0.2, 0) is 11.3 Å². The maximum Gasteiger partial charge on any atom is 0.354 e. The Hall–Kier alpha value is -2.43. The number of ether oxygens (including phenoxy) is 1. The summed E-state index contributed by atoms with van der Waals surface area (Å²) in [5.41, 5.74) is 3.81. The summed E-state index contributed by atoms with van der Waals surface area (Å²) in [7, 11) is 1.35. The molecule has 0 aliphatic carbocycles. The van der Waals surface area contributed by atoms with Crippen molar-refractivity contribution in [1.82, 2.24) is 4.98 Å². The van der Waals surface area contributed by atoms with Gasteiger partial charge in [0.15, 0.2) is 0 Å². The van der Waals surface area contributed by atoms with E-state index in [4.69, 9.17) is 0 Å². The minimum atomic E-state index is -0.389. The summed E-state index contributed by atoms with van der Waals surface area (Å²) in [4.78, 5) is 14.3. The maximum absolute atomic E-state index is 11.3. The Morgan fingerprint density at radius 1 is 1.30 bits per heavy atom. The van der Waals surface area contributed by atoms with Gasteiger partial charge in [-0.15, -0.1) is 0 Å². The van der Waals surface area contributed by atoms with Gasteiger partial charge in [-0.05, 0) is 37.6 Å². The molecule has 2 rings (SSSR count). The first-order chi connectivity index (χ1) is 9.52. The number of hydrogen-bond acceptors (Lipinski definition) is 4. The minimum absolute atomic E-state index is 0.303. The molecule has 0 aliphatic rings. The van der Waals surface area contributed by atoms with Crippen LogP contribution in [0.15, 0.2) is 24.3 Å². The second-order valence-electron chi connectivity index (χ2n) is 4.65. The van der Waals surface area contributed by atoms with Crippen molar-refractivity contribution in [1.29, 1.82) is 0 Å². The van der Waals surface area contributed by atoms with Crippen molar-refractivity contribution in [2.24, 2.45) is 0 Å². The average molecular weight is 274 g/mol. The largest absolute Gasteiger partial charge is 0.507 e. The van der Waals surface area contributed by atoms with Crippen LogP contribution in [0.3, 0.4) is 0 Å². The number of aromatic hydroxyl groups is 1. The van der Waals surface area contributed by atoms with Gasteiger partial charge < -0.3 is 20.1 Å². The van der Waals surface area contributed by atoms with Gasteiger partial charge in [0, 0.05) is 16.9 Å². The lowest BCUT2D eigenvalue weighted by Gasteiger charge is -2.11. The molecule has 106 valence electrons. The molecular formula is C15H18N2O3. The number of benzene rings is 1. The highest BCUT2D eigenvalue weighted by atomic mass is 16.5. The first-order valence-corrected chi connectivity index (χ1v) is 6.32. The smallest absolute Gasteiger partial charge is 0.354 e. The van der Waals surface area contributed by atoms with Gasteiger partial charge in [-0.2, -0.15) is 0 Å². The zero-order chi connectivity index (χ0) is 14.7. The topological polar surface area (TPSA) is 74.3 Å². The van der Waals surface area contributed by atoms with Gasteiger partial charge in [0.25, 0.3) is 0 Å². The summed E-state index contributed by atoms with van der Waals surface area (Å²) in [6.07, 6.45) is 0. The lowest BCUT2D eigenvalue weighted by atomic mass is 10.1. The van der Waals surface area contributed by atoms with E-state index in [-0.39, 0.29) is 5.97 Å². The quantitative estimate of drug-likeness (QED) is 0.749. The van der Waals surface area contributed by atoms with Crippen LogP contribution in [0.4, 0.5) is 5.69 Å². The van der Waals surface area contributed by atoms with Gasteiger partial charge in [-0.3, -0.25) is 0 Å². The molecule has 0 atom stereocenters. The van der Waals surface area contributed by atoms with E-state index in [2.05, 4.69) is 15.0 Å². The molecule has 0 saturated carbocycles. The molecular weight excluding hydrogens is 256 g/mol. The third kappa shape index (κ3) is 2.77. The highest BCUT2D eigenvalue weighted by Gasteiger charge is 2.09. The molecule has 0 bridgehead atoms. The zero-order valence-electron chi connectivity index (χ0n) is 11.8. The number of aryl methyl sites for hydroxylation is 1. The van der Waals surface area contributed by atoms with Crippen LogP contribution < -0.4 is 5.32 Å². The van der Waals surface area contributed by atoms with Crippen LogP contribution in [-0.4, -0.2) is 23.2 Å². The molecule has 0 radical (unpaired) electrons. The molecule has 0 fully saturated rings. The first-order valence-electron chi connectivity index (χ1n) is 6.32. The number of H-pyrrole nitrogens is 1. The Balaban J connectivity index is 2.07. The van der Waals surface area contributed by atoms with Crippen LogP contribution in [0.5, 0.6) is 5.75 Å². The number of anilines is 1. The highest BCUT2D eigenvalue weighted by molar-refractivity contribution is 5.87. The molecule has 2 aromatic rings. The standard InChI is InChI=1S/C15H18N2O3/c1-9-4-6-12(10(2)14(9)18)16-8-11-5-7-13(17-11)15(19)20-3/h4-7,16-18H,8H2,1-3H3. The third-order valence-corrected chi connectivity index (χ3v) is 3.25. The van der Waals surface area contributed by atoms with Crippen LogP contribution in [0, 0.1) is 13.8 Å². The second-order valence-corrected chi connectivity index (χ2v) is 4.65. The predicted octanol–water partition coefficient (Wildman–Crippen LogP) is 2.74. The van der Waals surface area contributed by atoms with E-state index in [0.29, 0.717) is 18.0 Å². The van der Waals surface area contributed by atoms with Gasteiger partial charge >= 0.3 is 5.97 Å². The molecule has 5 nitrogen and oxygen atoms in total. The number of phenols is 1. The van der Waals surface area contributed by atoms with E-state index < -0.39 is 0 Å². The minimum Gasteiger partial charge on any atom is -0.507 e. The number of methoxy groups -OCH3 is 1. The van der Waals surface area contributed by atoms with Crippen LogP contribution in [0.2, 0.25) is 0 Å². The molecule has 1 heterocycles. The van der Waals surface area contributed by atoms with E-state index >= 15 is 0 Å². The number of esters is 1. The van der Waals surface area contributed by atoms with Crippen LogP contribution in [0.25, 0.3) is 0 Å². The zero-order valence-corrected chi connectivity index (χ0v) is 11.8. The summed E-state index contributed by atoms with van der Waals surface area (Å²) < 4.78 is 4.64. The lowest BCUT2D eigenvalue weighted by molar-refractivity contribution is 0.0594. The van der Waals surface area contributed by atoms with Gasteiger partial charge in [0.1, 0.15) is 11.4 Å². The number of aromatic nitrogens is 1. The number of rotatable bonds is 4. The Morgan fingerprint density at radius 2 is 2.05 bits per heavy atom. The number of carbonyl (C=O) groups excluding carboxylic acids is 1. The van der Waals surface area contributed by atoms with E-state index in [9.17, 15) is 9.90 Å². The van der Waals surface area contributed by atoms with Gasteiger partial charge in [0.05, 0.1) is 13.7 Å². The second kappa shape index (κ2) is 5.69. The monoisotopic (exact) mass is 274 g/mol. The first kappa shape index (κ1) is 14.0. The Labute approximate surface area is 117 Å². The van der Waals surface area contributed by atoms with Crippen molar-refractivity contribution < 1.29 is 14.6 Å². The fourth-order valence-electron chi connectivity index (χ4n) is 1.99. The summed E-state index contributed by atoms with van der Waals surface area (Å²) in [5.74, 6) is -0.0860. The molecule has 5 heteroatoms. The Bertz CT molecular complexity index is 632. The van der Waals surface area contributed by atoms with Gasteiger partial charge in [-0.1, -0.05) is 6.07 Å². The molecule has 0 aliphatic heterocycles. The Morgan fingerprint density at radius 3 is 2.75 bits per heavy atom.